The van der Waals surface area contributed by atoms with E-state index in [1.165, 1.54) is 6.33 Å². The first-order valence-corrected chi connectivity index (χ1v) is 5.72. The predicted molar refractivity (Wildman–Crippen MR) is 73.3 cm³/mol. The van der Waals surface area contributed by atoms with Crippen LogP contribution in [0, 0.1) is 5.92 Å². The standard InChI is InChI=1S/C11H16N4O3.ClH/c16-4-7(5-17)1-12-2-8-3-13-10-9(8)14-6-15-11(10)18;/h3,6-7,12-13,16-17H,1-2,4-5H2,(H,14,15,18);1H. The largest absolute Gasteiger partial charge is 0.396 e. The third-order valence-electron chi connectivity index (χ3n) is 2.81. The third kappa shape index (κ3) is 3.54. The van der Waals surface area contributed by atoms with Crippen molar-refractivity contribution in [3.63, 3.8) is 0 Å². The highest BCUT2D eigenvalue weighted by molar-refractivity contribution is 5.85. The molecule has 0 aliphatic heterocycles. The number of aromatic amines is 2. The van der Waals surface area contributed by atoms with Gasteiger partial charge in [0.15, 0.2) is 0 Å². The van der Waals surface area contributed by atoms with Gasteiger partial charge in [0.2, 0.25) is 0 Å². The summed E-state index contributed by atoms with van der Waals surface area (Å²) in [5, 5.41) is 21.0. The quantitative estimate of drug-likeness (QED) is 0.485. The molecule has 2 aromatic rings. The molecule has 0 atom stereocenters. The Morgan fingerprint density at radius 3 is 2.74 bits per heavy atom. The van der Waals surface area contributed by atoms with E-state index < -0.39 is 0 Å². The number of halogens is 1. The van der Waals surface area contributed by atoms with Crippen LogP contribution in [0.15, 0.2) is 17.3 Å². The maximum absolute atomic E-state index is 11.5. The van der Waals surface area contributed by atoms with Gasteiger partial charge in [-0.2, -0.15) is 0 Å². The molecule has 2 rings (SSSR count). The van der Waals surface area contributed by atoms with Gasteiger partial charge in [0.05, 0.1) is 11.8 Å². The Morgan fingerprint density at radius 1 is 1.32 bits per heavy atom. The van der Waals surface area contributed by atoms with Gasteiger partial charge in [0.25, 0.3) is 5.56 Å². The lowest BCUT2D eigenvalue weighted by molar-refractivity contribution is 0.148. The summed E-state index contributed by atoms with van der Waals surface area (Å²) in [5.41, 5.74) is 1.77. The van der Waals surface area contributed by atoms with E-state index in [4.69, 9.17) is 10.2 Å². The van der Waals surface area contributed by atoms with Crippen LogP contribution in [-0.4, -0.2) is 44.9 Å². The van der Waals surface area contributed by atoms with Crippen molar-refractivity contribution in [1.82, 2.24) is 20.3 Å². The molecule has 0 aliphatic carbocycles. The third-order valence-corrected chi connectivity index (χ3v) is 2.81. The lowest BCUT2D eigenvalue weighted by Crippen LogP contribution is -2.27. The minimum absolute atomic E-state index is 0. The van der Waals surface area contributed by atoms with Gasteiger partial charge < -0.3 is 25.5 Å². The highest BCUT2D eigenvalue weighted by atomic mass is 35.5. The lowest BCUT2D eigenvalue weighted by Gasteiger charge is -2.11. The van der Waals surface area contributed by atoms with Crippen molar-refractivity contribution in [1.29, 1.82) is 0 Å². The SMILES string of the molecule is Cl.O=c1[nH]cnc2c(CNCC(CO)CO)c[nH]c12. The van der Waals surface area contributed by atoms with Crippen LogP contribution >= 0.6 is 12.4 Å². The van der Waals surface area contributed by atoms with Crippen LogP contribution in [0.3, 0.4) is 0 Å². The van der Waals surface area contributed by atoms with Crippen LogP contribution < -0.4 is 10.9 Å². The Hall–Kier alpha value is -1.41. The molecule has 2 heterocycles. The molecule has 0 bridgehead atoms. The second-order valence-corrected chi connectivity index (χ2v) is 4.13. The minimum atomic E-state index is -0.199. The van der Waals surface area contributed by atoms with Gasteiger partial charge in [-0.1, -0.05) is 0 Å². The number of H-pyrrole nitrogens is 2. The molecule has 0 unspecified atom stereocenters. The molecule has 19 heavy (non-hydrogen) atoms. The smallest absolute Gasteiger partial charge is 0.275 e. The number of nitrogens with one attached hydrogen (secondary N) is 3. The first-order valence-electron chi connectivity index (χ1n) is 5.72. The molecule has 0 fully saturated rings. The minimum Gasteiger partial charge on any atom is -0.396 e. The van der Waals surface area contributed by atoms with E-state index in [9.17, 15) is 4.79 Å². The zero-order chi connectivity index (χ0) is 13.0. The van der Waals surface area contributed by atoms with E-state index in [1.54, 1.807) is 6.20 Å². The Morgan fingerprint density at radius 2 is 2.05 bits per heavy atom. The Labute approximate surface area is 115 Å². The molecule has 5 N–H and O–H groups in total. The maximum Gasteiger partial charge on any atom is 0.275 e. The summed E-state index contributed by atoms with van der Waals surface area (Å²) in [5.74, 6) is -0.174. The van der Waals surface area contributed by atoms with Crippen LogP contribution in [-0.2, 0) is 6.54 Å². The molecule has 0 saturated carbocycles. The molecule has 0 saturated heterocycles. The summed E-state index contributed by atoms with van der Waals surface area (Å²) in [6, 6.07) is 0. The van der Waals surface area contributed by atoms with Gasteiger partial charge in [-0.25, -0.2) is 4.98 Å². The molecule has 8 heteroatoms. The molecular formula is C11H17ClN4O3. The van der Waals surface area contributed by atoms with E-state index in [0.717, 1.165) is 5.56 Å². The molecule has 0 aromatic carbocycles. The molecule has 2 aromatic heterocycles. The topological polar surface area (TPSA) is 114 Å². The summed E-state index contributed by atoms with van der Waals surface area (Å²) in [7, 11) is 0. The number of rotatable bonds is 6. The summed E-state index contributed by atoms with van der Waals surface area (Å²) in [4.78, 5) is 20.9. The number of hydrogen-bond acceptors (Lipinski definition) is 5. The number of aromatic nitrogens is 3. The van der Waals surface area contributed by atoms with Crippen LogP contribution in [0.2, 0.25) is 0 Å². The Kier molecular flexibility index (Phi) is 5.97. The predicted octanol–water partition coefficient (Wildman–Crippen LogP) is -0.637. The highest BCUT2D eigenvalue weighted by Gasteiger charge is 2.09. The Bertz CT molecular complexity index is 564. The van der Waals surface area contributed by atoms with Crippen LogP contribution in [0.25, 0.3) is 11.0 Å². The molecule has 0 aliphatic rings. The molecule has 0 spiro atoms. The average molecular weight is 289 g/mol. The number of nitrogens with zero attached hydrogens (tertiary/aromatic N) is 1. The fraction of sp³-hybridized carbons (Fsp3) is 0.455. The first kappa shape index (κ1) is 15.6. The summed E-state index contributed by atoms with van der Waals surface area (Å²) in [6.07, 6.45) is 3.10. The molecule has 0 amide bonds. The van der Waals surface area contributed by atoms with Crippen LogP contribution in [0.5, 0.6) is 0 Å². The number of aliphatic hydroxyl groups is 2. The first-order chi connectivity index (χ1) is 8.76. The molecule has 0 radical (unpaired) electrons. The van der Waals surface area contributed by atoms with E-state index in [0.29, 0.717) is 24.1 Å². The van der Waals surface area contributed by atoms with Crippen molar-refractivity contribution >= 4 is 23.4 Å². The van der Waals surface area contributed by atoms with E-state index >= 15 is 0 Å². The zero-order valence-electron chi connectivity index (χ0n) is 10.2. The molecule has 7 nitrogen and oxygen atoms in total. The summed E-state index contributed by atoms with van der Waals surface area (Å²) < 4.78 is 0. The normalized spacial score (nSPS) is 10.9. The van der Waals surface area contributed by atoms with Gasteiger partial charge in [-0.15, -0.1) is 12.4 Å². The number of hydrogen-bond donors (Lipinski definition) is 5. The van der Waals surface area contributed by atoms with Crippen molar-refractivity contribution in [2.45, 2.75) is 6.54 Å². The zero-order valence-corrected chi connectivity index (χ0v) is 11.0. The van der Waals surface area contributed by atoms with E-state index in [-0.39, 0.29) is 37.1 Å². The molecule has 106 valence electrons. The van der Waals surface area contributed by atoms with Crippen molar-refractivity contribution < 1.29 is 10.2 Å². The average Bonchev–Trinajstić information content (AvgIpc) is 2.80. The van der Waals surface area contributed by atoms with Gasteiger partial charge in [0, 0.05) is 44.0 Å². The second kappa shape index (κ2) is 7.25. The van der Waals surface area contributed by atoms with E-state index in [2.05, 4.69) is 20.3 Å². The molecular weight excluding hydrogens is 272 g/mol. The van der Waals surface area contributed by atoms with Crippen molar-refractivity contribution in [2.75, 3.05) is 19.8 Å². The Balaban J connectivity index is 0.00000180. The van der Waals surface area contributed by atoms with Gasteiger partial charge >= 0.3 is 0 Å². The van der Waals surface area contributed by atoms with Gasteiger partial charge in [-0.3, -0.25) is 4.79 Å². The van der Waals surface area contributed by atoms with Gasteiger partial charge in [0.1, 0.15) is 5.52 Å². The van der Waals surface area contributed by atoms with Gasteiger partial charge in [-0.05, 0) is 0 Å². The summed E-state index contributed by atoms with van der Waals surface area (Å²) in [6.45, 7) is 0.903. The van der Waals surface area contributed by atoms with Crippen molar-refractivity contribution in [2.24, 2.45) is 5.92 Å². The summed E-state index contributed by atoms with van der Waals surface area (Å²) >= 11 is 0. The van der Waals surface area contributed by atoms with Crippen LogP contribution in [0.1, 0.15) is 5.56 Å². The number of aliphatic hydroxyl groups excluding tert-OH is 2. The van der Waals surface area contributed by atoms with E-state index in [1.807, 2.05) is 0 Å². The second-order valence-electron chi connectivity index (χ2n) is 4.13. The van der Waals surface area contributed by atoms with Crippen LogP contribution in [0.4, 0.5) is 0 Å². The maximum atomic E-state index is 11.5. The number of fused-ring (bicyclic) bond motifs is 1. The fourth-order valence-electron chi connectivity index (χ4n) is 1.74. The lowest BCUT2D eigenvalue weighted by atomic mass is 10.2. The van der Waals surface area contributed by atoms with Crippen molar-refractivity contribution in [3.05, 3.63) is 28.4 Å². The highest BCUT2D eigenvalue weighted by Crippen LogP contribution is 2.10. The van der Waals surface area contributed by atoms with Crippen molar-refractivity contribution in [3.8, 4) is 0 Å². The monoisotopic (exact) mass is 288 g/mol. The fourth-order valence-corrected chi connectivity index (χ4v) is 1.74.